The van der Waals surface area contributed by atoms with E-state index in [0.29, 0.717) is 0 Å². The molecule has 0 radical (unpaired) electrons. The number of ether oxygens (including phenoxy) is 1. The summed E-state index contributed by atoms with van der Waals surface area (Å²) in [5.74, 6) is 0.940. The highest BCUT2D eigenvalue weighted by atomic mass is 79.9. The van der Waals surface area contributed by atoms with Crippen molar-refractivity contribution in [2.24, 2.45) is 0 Å². The fraction of sp³-hybridized carbons (Fsp3) is 0.250. The molecule has 2 aromatic carbocycles. The maximum Gasteiger partial charge on any atom is 0.127 e. The number of nitrogens with one attached hydrogen (secondary N) is 1. The fourth-order valence-electron chi connectivity index (χ4n) is 2.64. The van der Waals surface area contributed by atoms with Gasteiger partial charge in [-0.05, 0) is 31.3 Å². The highest BCUT2D eigenvalue weighted by molar-refractivity contribution is 9.10. The summed E-state index contributed by atoms with van der Waals surface area (Å²) < 4.78 is 7.19. The quantitative estimate of drug-likeness (QED) is 0.831. The first-order valence-electron chi connectivity index (χ1n) is 6.57. The first kappa shape index (κ1) is 13.9. The summed E-state index contributed by atoms with van der Waals surface area (Å²) >= 11 is 9.70. The molecule has 1 aliphatic heterocycles. The molecule has 0 saturated heterocycles. The van der Waals surface area contributed by atoms with Gasteiger partial charge in [0.2, 0.25) is 0 Å². The maximum absolute atomic E-state index is 6.16. The molecule has 104 valence electrons. The summed E-state index contributed by atoms with van der Waals surface area (Å²) in [6, 6.07) is 14.3. The van der Waals surface area contributed by atoms with Gasteiger partial charge in [0.1, 0.15) is 11.9 Å². The van der Waals surface area contributed by atoms with Crippen LogP contribution in [0.1, 0.15) is 29.7 Å². The Balaban J connectivity index is 2.00. The minimum Gasteiger partial charge on any atom is -0.485 e. The largest absolute Gasteiger partial charge is 0.485 e. The van der Waals surface area contributed by atoms with Crippen molar-refractivity contribution in [2.75, 3.05) is 7.05 Å². The lowest BCUT2D eigenvalue weighted by atomic mass is 9.93. The predicted molar refractivity (Wildman–Crippen MR) is 85.4 cm³/mol. The van der Waals surface area contributed by atoms with Crippen LogP contribution in [-0.2, 0) is 0 Å². The standard InChI is InChI=1S/C16H15BrClNO/c1-19-14-9-16(12-8-10(18)6-7-13(12)17)20-15-5-3-2-4-11(14)15/h2-8,14,16,19H,9H2,1H3. The topological polar surface area (TPSA) is 21.3 Å². The summed E-state index contributed by atoms with van der Waals surface area (Å²) in [6.07, 6.45) is 0.877. The van der Waals surface area contributed by atoms with Gasteiger partial charge in [0.05, 0.1) is 0 Å². The van der Waals surface area contributed by atoms with Gasteiger partial charge in [-0.2, -0.15) is 0 Å². The van der Waals surface area contributed by atoms with E-state index in [1.807, 2.05) is 43.4 Å². The van der Waals surface area contributed by atoms with E-state index in [1.165, 1.54) is 5.56 Å². The Labute approximate surface area is 132 Å². The summed E-state index contributed by atoms with van der Waals surface area (Å²) in [5, 5.41) is 4.09. The number of fused-ring (bicyclic) bond motifs is 1. The van der Waals surface area contributed by atoms with Crippen molar-refractivity contribution in [2.45, 2.75) is 18.6 Å². The lowest BCUT2D eigenvalue weighted by Crippen LogP contribution is -2.26. The molecule has 0 bridgehead atoms. The van der Waals surface area contributed by atoms with E-state index >= 15 is 0 Å². The molecule has 1 heterocycles. The molecule has 2 nitrogen and oxygen atoms in total. The fourth-order valence-corrected chi connectivity index (χ4v) is 3.33. The predicted octanol–water partition coefficient (Wildman–Crippen LogP) is 4.89. The molecular weight excluding hydrogens is 338 g/mol. The third kappa shape index (κ3) is 2.58. The van der Waals surface area contributed by atoms with Crippen LogP contribution in [0.15, 0.2) is 46.9 Å². The van der Waals surface area contributed by atoms with Gasteiger partial charge >= 0.3 is 0 Å². The van der Waals surface area contributed by atoms with Crippen molar-refractivity contribution >= 4 is 27.5 Å². The Morgan fingerprint density at radius 3 is 2.80 bits per heavy atom. The van der Waals surface area contributed by atoms with Crippen LogP contribution in [0.5, 0.6) is 5.75 Å². The molecule has 0 amide bonds. The van der Waals surface area contributed by atoms with Crippen molar-refractivity contribution in [3.63, 3.8) is 0 Å². The minimum atomic E-state index is -0.00424. The SMILES string of the molecule is CNC1CC(c2cc(Cl)ccc2Br)Oc2ccccc21. The van der Waals surface area contributed by atoms with Crippen molar-refractivity contribution in [3.05, 3.63) is 63.1 Å². The van der Waals surface area contributed by atoms with E-state index in [0.717, 1.165) is 27.2 Å². The smallest absolute Gasteiger partial charge is 0.127 e. The molecule has 2 unspecified atom stereocenters. The Hall–Kier alpha value is -1.03. The lowest BCUT2D eigenvalue weighted by Gasteiger charge is -2.32. The van der Waals surface area contributed by atoms with E-state index in [9.17, 15) is 0 Å². The highest BCUT2D eigenvalue weighted by Gasteiger charge is 2.29. The van der Waals surface area contributed by atoms with Crippen molar-refractivity contribution < 1.29 is 4.74 Å². The molecule has 0 aliphatic carbocycles. The molecule has 0 saturated carbocycles. The van der Waals surface area contributed by atoms with Gasteiger partial charge < -0.3 is 10.1 Å². The van der Waals surface area contributed by atoms with Gasteiger partial charge in [-0.1, -0.05) is 45.7 Å². The van der Waals surface area contributed by atoms with Crippen molar-refractivity contribution in [3.8, 4) is 5.75 Å². The average molecular weight is 353 g/mol. The van der Waals surface area contributed by atoms with Gasteiger partial charge in [-0.25, -0.2) is 0 Å². The van der Waals surface area contributed by atoms with Gasteiger partial charge in [-0.3, -0.25) is 0 Å². The van der Waals surface area contributed by atoms with E-state index in [-0.39, 0.29) is 12.1 Å². The number of halogens is 2. The van der Waals surface area contributed by atoms with E-state index in [2.05, 4.69) is 27.3 Å². The maximum atomic E-state index is 6.16. The second-order valence-corrected chi connectivity index (χ2v) is 6.18. The van der Waals surface area contributed by atoms with E-state index in [1.54, 1.807) is 0 Å². The monoisotopic (exact) mass is 351 g/mol. The van der Waals surface area contributed by atoms with Crippen LogP contribution >= 0.6 is 27.5 Å². The second-order valence-electron chi connectivity index (χ2n) is 4.89. The van der Waals surface area contributed by atoms with Crippen LogP contribution in [0, 0.1) is 0 Å². The zero-order chi connectivity index (χ0) is 14.1. The Kier molecular flexibility index (Phi) is 4.01. The number of para-hydroxylation sites is 1. The zero-order valence-electron chi connectivity index (χ0n) is 11.1. The zero-order valence-corrected chi connectivity index (χ0v) is 13.4. The molecule has 2 aromatic rings. The van der Waals surface area contributed by atoms with Crippen LogP contribution in [0.25, 0.3) is 0 Å². The van der Waals surface area contributed by atoms with Gasteiger partial charge in [0, 0.05) is 33.1 Å². The minimum absolute atomic E-state index is 0.00424. The Morgan fingerprint density at radius 1 is 1.20 bits per heavy atom. The molecule has 20 heavy (non-hydrogen) atoms. The normalized spacial score (nSPS) is 21.1. The Morgan fingerprint density at radius 2 is 2.00 bits per heavy atom. The van der Waals surface area contributed by atoms with E-state index < -0.39 is 0 Å². The molecular formula is C16H15BrClNO. The van der Waals surface area contributed by atoms with Crippen molar-refractivity contribution in [1.82, 2.24) is 5.32 Å². The Bertz CT molecular complexity index is 632. The summed E-state index contributed by atoms with van der Waals surface area (Å²) in [7, 11) is 1.98. The van der Waals surface area contributed by atoms with Gasteiger partial charge in [0.15, 0.2) is 0 Å². The lowest BCUT2D eigenvalue weighted by molar-refractivity contribution is 0.153. The second kappa shape index (κ2) is 5.76. The number of hydrogen-bond donors (Lipinski definition) is 1. The molecule has 0 spiro atoms. The first-order chi connectivity index (χ1) is 9.69. The third-order valence-corrected chi connectivity index (χ3v) is 4.62. The molecule has 1 aliphatic rings. The summed E-state index contributed by atoms with van der Waals surface area (Å²) in [5.41, 5.74) is 2.30. The van der Waals surface area contributed by atoms with Crippen LogP contribution in [0.4, 0.5) is 0 Å². The van der Waals surface area contributed by atoms with Gasteiger partial charge in [0.25, 0.3) is 0 Å². The molecule has 2 atom stereocenters. The number of benzene rings is 2. The van der Waals surface area contributed by atoms with Gasteiger partial charge in [-0.15, -0.1) is 0 Å². The first-order valence-corrected chi connectivity index (χ1v) is 7.74. The number of hydrogen-bond acceptors (Lipinski definition) is 2. The molecule has 1 N–H and O–H groups in total. The summed E-state index contributed by atoms with van der Waals surface area (Å²) in [6.45, 7) is 0. The van der Waals surface area contributed by atoms with E-state index in [4.69, 9.17) is 16.3 Å². The van der Waals surface area contributed by atoms with Crippen LogP contribution in [0.3, 0.4) is 0 Å². The van der Waals surface area contributed by atoms with Crippen molar-refractivity contribution in [1.29, 1.82) is 0 Å². The van der Waals surface area contributed by atoms with Crippen LogP contribution in [-0.4, -0.2) is 7.05 Å². The van der Waals surface area contributed by atoms with Crippen LogP contribution in [0.2, 0.25) is 5.02 Å². The highest BCUT2D eigenvalue weighted by Crippen LogP contribution is 2.42. The third-order valence-electron chi connectivity index (χ3n) is 3.67. The molecule has 0 aromatic heterocycles. The average Bonchev–Trinajstić information content (AvgIpc) is 2.48. The number of rotatable bonds is 2. The molecule has 0 fully saturated rings. The summed E-state index contributed by atoms with van der Waals surface area (Å²) in [4.78, 5) is 0. The van der Waals surface area contributed by atoms with Crippen LogP contribution < -0.4 is 10.1 Å². The molecule has 4 heteroatoms. The molecule has 3 rings (SSSR count).